The Morgan fingerprint density at radius 1 is 1.50 bits per heavy atom. The Morgan fingerprint density at radius 3 is 3.00 bits per heavy atom. The Bertz CT molecular complexity index is 462. The average Bonchev–Trinajstić information content (AvgIpc) is 2.46. The molecule has 1 aliphatic rings. The lowest BCUT2D eigenvalue weighted by Crippen LogP contribution is -2.50. The predicted molar refractivity (Wildman–Crippen MR) is 79.1 cm³/mol. The first kappa shape index (κ1) is 15.1. The van der Waals surface area contributed by atoms with Crippen LogP contribution in [0.15, 0.2) is 18.2 Å². The van der Waals surface area contributed by atoms with Crippen LogP contribution in [0.2, 0.25) is 5.02 Å². The molecule has 1 heterocycles. The summed E-state index contributed by atoms with van der Waals surface area (Å²) < 4.78 is 5.09. The number of nitrogens with one attached hydrogen (secondary N) is 3. The molecule has 0 radical (unpaired) electrons. The SMILES string of the molecule is COc1ccc(CNC(=O)CC2CNCCN2)cc1Cl. The molecule has 0 spiro atoms. The molecule has 0 aromatic heterocycles. The Hall–Kier alpha value is -1.30. The van der Waals surface area contributed by atoms with E-state index < -0.39 is 0 Å². The largest absolute Gasteiger partial charge is 0.495 e. The lowest BCUT2D eigenvalue weighted by Gasteiger charge is -2.23. The van der Waals surface area contributed by atoms with Crippen LogP contribution in [0.3, 0.4) is 0 Å². The van der Waals surface area contributed by atoms with E-state index in [1.54, 1.807) is 19.2 Å². The van der Waals surface area contributed by atoms with E-state index in [1.807, 2.05) is 6.07 Å². The maximum Gasteiger partial charge on any atom is 0.221 e. The first-order valence-electron chi connectivity index (χ1n) is 6.72. The van der Waals surface area contributed by atoms with Crippen LogP contribution in [0.5, 0.6) is 5.75 Å². The number of hydrogen-bond acceptors (Lipinski definition) is 4. The van der Waals surface area contributed by atoms with Crippen molar-refractivity contribution in [3.05, 3.63) is 28.8 Å². The topological polar surface area (TPSA) is 62.4 Å². The third-order valence-electron chi connectivity index (χ3n) is 3.26. The van der Waals surface area contributed by atoms with Crippen molar-refractivity contribution >= 4 is 17.5 Å². The number of piperazine rings is 1. The summed E-state index contributed by atoms with van der Waals surface area (Å²) in [5.74, 6) is 0.678. The smallest absolute Gasteiger partial charge is 0.221 e. The molecule has 1 aromatic rings. The summed E-state index contributed by atoms with van der Waals surface area (Å²) in [5, 5.41) is 10.0. The number of carbonyl (C=O) groups excluding carboxylic acids is 1. The van der Waals surface area contributed by atoms with Crippen molar-refractivity contribution in [1.82, 2.24) is 16.0 Å². The van der Waals surface area contributed by atoms with Crippen LogP contribution in [0.4, 0.5) is 0 Å². The highest BCUT2D eigenvalue weighted by molar-refractivity contribution is 6.32. The van der Waals surface area contributed by atoms with Crippen LogP contribution in [0.25, 0.3) is 0 Å². The van der Waals surface area contributed by atoms with Gasteiger partial charge in [-0.25, -0.2) is 0 Å². The molecule has 1 amide bonds. The molecule has 20 heavy (non-hydrogen) atoms. The van der Waals surface area contributed by atoms with Crippen molar-refractivity contribution in [1.29, 1.82) is 0 Å². The number of hydrogen-bond donors (Lipinski definition) is 3. The molecule has 3 N–H and O–H groups in total. The van der Waals surface area contributed by atoms with E-state index in [4.69, 9.17) is 16.3 Å². The monoisotopic (exact) mass is 297 g/mol. The zero-order valence-corrected chi connectivity index (χ0v) is 12.3. The van der Waals surface area contributed by atoms with Crippen molar-refractivity contribution < 1.29 is 9.53 Å². The summed E-state index contributed by atoms with van der Waals surface area (Å²) in [6.45, 7) is 3.18. The molecule has 1 aromatic carbocycles. The molecular weight excluding hydrogens is 278 g/mol. The summed E-state index contributed by atoms with van der Waals surface area (Å²) in [4.78, 5) is 11.9. The Kier molecular flexibility index (Phi) is 5.64. The lowest BCUT2D eigenvalue weighted by molar-refractivity contribution is -0.121. The number of benzene rings is 1. The van der Waals surface area contributed by atoms with Gasteiger partial charge in [-0.15, -0.1) is 0 Å². The third kappa shape index (κ3) is 4.37. The van der Waals surface area contributed by atoms with Crippen molar-refractivity contribution in [2.24, 2.45) is 0 Å². The summed E-state index contributed by atoms with van der Waals surface area (Å²) in [6.07, 6.45) is 0.483. The number of rotatable bonds is 5. The summed E-state index contributed by atoms with van der Waals surface area (Å²) in [6, 6.07) is 5.71. The fraction of sp³-hybridized carbons (Fsp3) is 0.500. The number of halogens is 1. The van der Waals surface area contributed by atoms with E-state index in [2.05, 4.69) is 16.0 Å². The van der Waals surface area contributed by atoms with Crippen LogP contribution >= 0.6 is 11.6 Å². The maximum absolute atomic E-state index is 11.9. The van der Waals surface area contributed by atoms with Crippen molar-refractivity contribution in [2.45, 2.75) is 19.0 Å². The standard InChI is InChI=1S/C14H20ClN3O2/c1-20-13-3-2-10(6-12(13)15)8-18-14(19)7-11-9-16-4-5-17-11/h2-3,6,11,16-17H,4-5,7-9H2,1H3,(H,18,19). The normalized spacial score (nSPS) is 18.6. The van der Waals surface area contributed by atoms with Gasteiger partial charge in [-0.1, -0.05) is 17.7 Å². The highest BCUT2D eigenvalue weighted by Crippen LogP contribution is 2.24. The molecular formula is C14H20ClN3O2. The summed E-state index contributed by atoms with van der Waals surface area (Å²) in [7, 11) is 1.58. The minimum Gasteiger partial charge on any atom is -0.495 e. The van der Waals surface area contributed by atoms with E-state index in [0.717, 1.165) is 25.2 Å². The molecule has 1 unspecified atom stereocenters. The van der Waals surface area contributed by atoms with Gasteiger partial charge in [-0.3, -0.25) is 4.79 Å². The lowest BCUT2D eigenvalue weighted by atomic mass is 10.1. The maximum atomic E-state index is 11.9. The highest BCUT2D eigenvalue weighted by Gasteiger charge is 2.15. The second kappa shape index (κ2) is 7.47. The van der Waals surface area contributed by atoms with E-state index >= 15 is 0 Å². The molecule has 6 heteroatoms. The van der Waals surface area contributed by atoms with Gasteiger partial charge in [0.1, 0.15) is 5.75 Å². The molecule has 1 aliphatic heterocycles. The Balaban J connectivity index is 1.79. The van der Waals surface area contributed by atoms with Gasteiger partial charge < -0.3 is 20.7 Å². The van der Waals surface area contributed by atoms with Gasteiger partial charge in [-0.05, 0) is 17.7 Å². The van der Waals surface area contributed by atoms with Crippen LogP contribution in [0.1, 0.15) is 12.0 Å². The van der Waals surface area contributed by atoms with E-state index in [-0.39, 0.29) is 11.9 Å². The summed E-state index contributed by atoms with van der Waals surface area (Å²) in [5.41, 5.74) is 0.957. The second-order valence-corrected chi connectivity index (χ2v) is 5.21. The Labute approximate surface area is 124 Å². The van der Waals surface area contributed by atoms with Gasteiger partial charge in [-0.2, -0.15) is 0 Å². The molecule has 110 valence electrons. The van der Waals surface area contributed by atoms with Gasteiger partial charge in [0, 0.05) is 38.6 Å². The molecule has 1 atom stereocenters. The van der Waals surface area contributed by atoms with E-state index in [9.17, 15) is 4.79 Å². The van der Waals surface area contributed by atoms with Gasteiger partial charge in [0.2, 0.25) is 5.91 Å². The van der Waals surface area contributed by atoms with Crippen molar-refractivity contribution in [3.63, 3.8) is 0 Å². The minimum atomic E-state index is 0.0399. The molecule has 2 rings (SSSR count). The second-order valence-electron chi connectivity index (χ2n) is 4.80. The number of amides is 1. The third-order valence-corrected chi connectivity index (χ3v) is 3.56. The quantitative estimate of drug-likeness (QED) is 0.756. The van der Waals surface area contributed by atoms with Crippen LogP contribution in [-0.2, 0) is 11.3 Å². The van der Waals surface area contributed by atoms with Gasteiger partial charge >= 0.3 is 0 Å². The van der Waals surface area contributed by atoms with E-state index in [0.29, 0.717) is 23.7 Å². The fourth-order valence-corrected chi connectivity index (χ4v) is 2.45. The van der Waals surface area contributed by atoms with Gasteiger partial charge in [0.25, 0.3) is 0 Å². The van der Waals surface area contributed by atoms with Crippen molar-refractivity contribution in [3.8, 4) is 5.75 Å². The fourth-order valence-electron chi connectivity index (χ4n) is 2.17. The molecule has 0 saturated carbocycles. The predicted octanol–water partition coefficient (Wildman–Crippen LogP) is 0.916. The highest BCUT2D eigenvalue weighted by atomic mass is 35.5. The molecule has 0 aliphatic carbocycles. The minimum absolute atomic E-state index is 0.0399. The summed E-state index contributed by atoms with van der Waals surface area (Å²) >= 11 is 6.04. The van der Waals surface area contributed by atoms with Gasteiger partial charge in [0.05, 0.1) is 12.1 Å². The van der Waals surface area contributed by atoms with Crippen LogP contribution in [0, 0.1) is 0 Å². The zero-order chi connectivity index (χ0) is 14.4. The van der Waals surface area contributed by atoms with Crippen LogP contribution < -0.4 is 20.7 Å². The zero-order valence-electron chi connectivity index (χ0n) is 11.5. The molecule has 1 saturated heterocycles. The first-order valence-corrected chi connectivity index (χ1v) is 7.10. The number of carbonyl (C=O) groups is 1. The molecule has 0 bridgehead atoms. The number of methoxy groups -OCH3 is 1. The first-order chi connectivity index (χ1) is 9.69. The molecule has 1 fully saturated rings. The van der Waals surface area contributed by atoms with Crippen LogP contribution in [-0.4, -0.2) is 38.7 Å². The van der Waals surface area contributed by atoms with Crippen molar-refractivity contribution in [2.75, 3.05) is 26.7 Å². The number of ether oxygens (including phenoxy) is 1. The van der Waals surface area contributed by atoms with Gasteiger partial charge in [0.15, 0.2) is 0 Å². The Morgan fingerprint density at radius 2 is 2.35 bits per heavy atom. The molecule has 5 nitrogen and oxygen atoms in total. The average molecular weight is 298 g/mol. The van der Waals surface area contributed by atoms with E-state index in [1.165, 1.54) is 0 Å².